The van der Waals surface area contributed by atoms with Crippen molar-refractivity contribution in [3.63, 3.8) is 0 Å². The molecule has 0 aliphatic heterocycles. The monoisotopic (exact) mass is 270 g/mol. The molecule has 0 aliphatic carbocycles. The Kier molecular flexibility index (Phi) is 4.87. The Morgan fingerprint density at radius 1 is 0.600 bits per heavy atom. The maximum atomic E-state index is 5.90. The van der Waals surface area contributed by atoms with Crippen molar-refractivity contribution in [3.05, 3.63) is 59.7 Å². The Morgan fingerprint density at radius 3 is 1.15 bits per heavy atom. The van der Waals surface area contributed by atoms with E-state index in [0.717, 1.165) is 22.3 Å². The van der Waals surface area contributed by atoms with Gasteiger partial charge in [0.1, 0.15) is 0 Å². The summed E-state index contributed by atoms with van der Waals surface area (Å²) in [6.07, 6.45) is 0. The molecular formula is C16H22N4. The van der Waals surface area contributed by atoms with E-state index in [0.29, 0.717) is 13.1 Å². The second-order valence-corrected chi connectivity index (χ2v) is 4.93. The molecule has 0 radical (unpaired) electrons. The van der Waals surface area contributed by atoms with E-state index in [2.05, 4.69) is 24.3 Å². The summed E-state index contributed by atoms with van der Waals surface area (Å²) in [6, 6.07) is 16.1. The fourth-order valence-electron chi connectivity index (χ4n) is 2.12. The number of benzene rings is 2. The molecule has 0 heterocycles. The molecule has 4 heteroatoms. The topological polar surface area (TPSA) is 104 Å². The molecule has 0 fully saturated rings. The number of hydrogen-bond donors (Lipinski definition) is 4. The van der Waals surface area contributed by atoms with E-state index >= 15 is 0 Å². The highest BCUT2D eigenvalue weighted by Crippen LogP contribution is 2.23. The van der Waals surface area contributed by atoms with E-state index in [9.17, 15) is 0 Å². The Bertz CT molecular complexity index is 482. The van der Waals surface area contributed by atoms with Gasteiger partial charge in [0.2, 0.25) is 0 Å². The molecule has 0 amide bonds. The third-order valence-corrected chi connectivity index (χ3v) is 3.52. The van der Waals surface area contributed by atoms with Crippen LogP contribution in [-0.4, -0.2) is 13.1 Å². The quantitative estimate of drug-likeness (QED) is 0.656. The minimum atomic E-state index is -0.103. The first-order chi connectivity index (χ1) is 9.65. The highest BCUT2D eigenvalue weighted by atomic mass is 14.7. The van der Waals surface area contributed by atoms with E-state index < -0.39 is 0 Å². The molecule has 106 valence electrons. The summed E-state index contributed by atoms with van der Waals surface area (Å²) in [6.45, 7) is 0.899. The van der Waals surface area contributed by atoms with Crippen molar-refractivity contribution in [2.45, 2.75) is 12.1 Å². The number of rotatable bonds is 5. The van der Waals surface area contributed by atoms with Crippen LogP contribution in [0.1, 0.15) is 23.2 Å². The van der Waals surface area contributed by atoms with Crippen molar-refractivity contribution in [1.29, 1.82) is 0 Å². The van der Waals surface area contributed by atoms with Gasteiger partial charge in [-0.2, -0.15) is 0 Å². The van der Waals surface area contributed by atoms with Crippen LogP contribution in [0.4, 0.5) is 0 Å². The molecule has 2 aromatic rings. The van der Waals surface area contributed by atoms with Gasteiger partial charge in [-0.15, -0.1) is 0 Å². The zero-order valence-corrected chi connectivity index (χ0v) is 11.5. The third-order valence-electron chi connectivity index (χ3n) is 3.52. The lowest BCUT2D eigenvalue weighted by Crippen LogP contribution is -2.20. The van der Waals surface area contributed by atoms with Crippen LogP contribution < -0.4 is 22.9 Å². The van der Waals surface area contributed by atoms with Gasteiger partial charge < -0.3 is 22.9 Å². The van der Waals surface area contributed by atoms with Crippen LogP contribution in [0.5, 0.6) is 0 Å². The van der Waals surface area contributed by atoms with Gasteiger partial charge in [-0.25, -0.2) is 0 Å². The van der Waals surface area contributed by atoms with Gasteiger partial charge in [0.15, 0.2) is 0 Å². The van der Waals surface area contributed by atoms with Gasteiger partial charge in [-0.1, -0.05) is 48.5 Å². The molecule has 2 atom stereocenters. The fourth-order valence-corrected chi connectivity index (χ4v) is 2.12. The predicted octanol–water partition coefficient (Wildman–Crippen LogP) is 1.27. The van der Waals surface area contributed by atoms with Crippen molar-refractivity contribution in [3.8, 4) is 11.1 Å². The molecule has 8 N–H and O–H groups in total. The first-order valence-corrected chi connectivity index (χ1v) is 6.77. The second-order valence-electron chi connectivity index (χ2n) is 4.93. The number of hydrogen-bond acceptors (Lipinski definition) is 4. The Balaban J connectivity index is 2.19. The maximum Gasteiger partial charge on any atom is 0.0419 e. The van der Waals surface area contributed by atoms with Gasteiger partial charge in [0.05, 0.1) is 0 Å². The molecule has 0 aliphatic rings. The molecule has 2 unspecified atom stereocenters. The van der Waals surface area contributed by atoms with Crippen LogP contribution >= 0.6 is 0 Å². The predicted molar refractivity (Wildman–Crippen MR) is 83.8 cm³/mol. The minimum absolute atomic E-state index is 0.103. The Labute approximate surface area is 119 Å². The largest absolute Gasteiger partial charge is 0.329 e. The van der Waals surface area contributed by atoms with E-state index in [1.54, 1.807) is 0 Å². The summed E-state index contributed by atoms with van der Waals surface area (Å²) < 4.78 is 0. The van der Waals surface area contributed by atoms with Crippen LogP contribution in [0.2, 0.25) is 0 Å². The van der Waals surface area contributed by atoms with E-state index in [-0.39, 0.29) is 12.1 Å². The van der Waals surface area contributed by atoms with E-state index in [1.165, 1.54) is 0 Å². The average molecular weight is 270 g/mol. The van der Waals surface area contributed by atoms with Crippen LogP contribution in [0.25, 0.3) is 11.1 Å². The normalized spacial score (nSPS) is 14.0. The molecule has 4 nitrogen and oxygen atoms in total. The van der Waals surface area contributed by atoms with E-state index in [1.807, 2.05) is 24.3 Å². The van der Waals surface area contributed by atoms with Crippen LogP contribution in [0, 0.1) is 0 Å². The van der Waals surface area contributed by atoms with Crippen molar-refractivity contribution >= 4 is 0 Å². The molecule has 0 saturated heterocycles. The molecule has 0 saturated carbocycles. The van der Waals surface area contributed by atoms with Gasteiger partial charge in [-0.05, 0) is 22.3 Å². The Morgan fingerprint density at radius 2 is 0.900 bits per heavy atom. The lowest BCUT2D eigenvalue weighted by atomic mass is 9.99. The molecule has 2 rings (SSSR count). The van der Waals surface area contributed by atoms with Gasteiger partial charge in [-0.3, -0.25) is 0 Å². The highest BCUT2D eigenvalue weighted by molar-refractivity contribution is 5.64. The van der Waals surface area contributed by atoms with Crippen LogP contribution in [0.15, 0.2) is 48.5 Å². The lowest BCUT2D eigenvalue weighted by Gasteiger charge is -2.11. The summed E-state index contributed by atoms with van der Waals surface area (Å²) in [4.78, 5) is 0. The molecular weight excluding hydrogens is 248 g/mol. The van der Waals surface area contributed by atoms with Crippen LogP contribution in [0.3, 0.4) is 0 Å². The molecule has 0 spiro atoms. The first-order valence-electron chi connectivity index (χ1n) is 6.77. The lowest BCUT2D eigenvalue weighted by molar-refractivity contribution is 0.737. The standard InChI is InChI=1S/C16H22N4/c17-9-15(19)13-5-1-11(2-6-13)12-3-7-14(8-4-12)16(20)10-18/h1-8,15-16H,9-10,17-20H2. The van der Waals surface area contributed by atoms with Gasteiger partial charge in [0.25, 0.3) is 0 Å². The summed E-state index contributed by atoms with van der Waals surface area (Å²) >= 11 is 0. The van der Waals surface area contributed by atoms with Crippen molar-refractivity contribution in [1.82, 2.24) is 0 Å². The van der Waals surface area contributed by atoms with Crippen LogP contribution in [-0.2, 0) is 0 Å². The molecule has 2 aromatic carbocycles. The van der Waals surface area contributed by atoms with Crippen molar-refractivity contribution in [2.24, 2.45) is 22.9 Å². The summed E-state index contributed by atoms with van der Waals surface area (Å²) in [5.41, 5.74) is 27.3. The third kappa shape index (κ3) is 3.23. The SMILES string of the molecule is NCC(N)c1ccc(-c2ccc(C(N)CN)cc2)cc1. The van der Waals surface area contributed by atoms with Crippen molar-refractivity contribution in [2.75, 3.05) is 13.1 Å². The summed E-state index contributed by atoms with van der Waals surface area (Å²) in [5.74, 6) is 0. The first kappa shape index (κ1) is 14.7. The smallest absolute Gasteiger partial charge is 0.0419 e. The number of nitrogens with two attached hydrogens (primary N) is 4. The zero-order chi connectivity index (χ0) is 14.5. The highest BCUT2D eigenvalue weighted by Gasteiger charge is 2.06. The fraction of sp³-hybridized carbons (Fsp3) is 0.250. The summed E-state index contributed by atoms with van der Waals surface area (Å²) in [7, 11) is 0. The summed E-state index contributed by atoms with van der Waals surface area (Å²) in [5, 5.41) is 0. The Hall–Kier alpha value is -1.72. The van der Waals surface area contributed by atoms with E-state index in [4.69, 9.17) is 22.9 Å². The zero-order valence-electron chi connectivity index (χ0n) is 11.5. The molecule has 0 aromatic heterocycles. The minimum Gasteiger partial charge on any atom is -0.329 e. The maximum absolute atomic E-state index is 5.90. The van der Waals surface area contributed by atoms with Crippen molar-refractivity contribution < 1.29 is 0 Å². The average Bonchev–Trinajstić information content (AvgIpc) is 2.53. The van der Waals surface area contributed by atoms with Gasteiger partial charge >= 0.3 is 0 Å². The molecule has 20 heavy (non-hydrogen) atoms. The second kappa shape index (κ2) is 6.63. The van der Waals surface area contributed by atoms with Gasteiger partial charge in [0, 0.05) is 25.2 Å². The molecule has 0 bridgehead atoms.